The van der Waals surface area contributed by atoms with E-state index in [0.717, 1.165) is 18.5 Å². The smallest absolute Gasteiger partial charge is 0.00398 e. The van der Waals surface area contributed by atoms with Crippen LogP contribution in [0.3, 0.4) is 0 Å². The normalized spacial score (nSPS) is 12.0. The third-order valence-electron chi connectivity index (χ3n) is 1.29. The Morgan fingerprint density at radius 2 is 2.11 bits per heavy atom. The van der Waals surface area contributed by atoms with E-state index in [0.29, 0.717) is 0 Å². The van der Waals surface area contributed by atoms with Gasteiger partial charge in [0.05, 0.1) is 0 Å². The summed E-state index contributed by atoms with van der Waals surface area (Å²) in [6.45, 7) is 4.29. The lowest BCUT2D eigenvalue weighted by molar-refractivity contribution is 0.777. The predicted octanol–water partition coefficient (Wildman–Crippen LogP) is 2.43. The van der Waals surface area contributed by atoms with Crippen LogP contribution >= 0.6 is 0 Å². The van der Waals surface area contributed by atoms with E-state index in [2.05, 4.69) is 19.9 Å². The fraction of sp³-hybridized carbons (Fsp3) is 0.750. The van der Waals surface area contributed by atoms with Crippen molar-refractivity contribution in [2.45, 2.75) is 39.5 Å². The van der Waals surface area contributed by atoms with Crippen LogP contribution in [0.4, 0.5) is 0 Å². The Labute approximate surface area is 57.9 Å². The molecule has 0 aromatic heterocycles. The molecule has 0 rings (SSSR count). The van der Waals surface area contributed by atoms with Gasteiger partial charge >= 0.3 is 0 Å². The van der Waals surface area contributed by atoms with Crippen LogP contribution in [0.1, 0.15) is 39.5 Å². The fourth-order valence-corrected chi connectivity index (χ4v) is 0.745. The molecule has 0 spiro atoms. The van der Waals surface area contributed by atoms with Gasteiger partial charge in [0.2, 0.25) is 0 Å². The summed E-state index contributed by atoms with van der Waals surface area (Å²) in [4.78, 5) is 0. The second-order valence-corrected chi connectivity index (χ2v) is 2.29. The largest absolute Gasteiger partial charge is 0.402 e. The lowest BCUT2D eigenvalue weighted by Crippen LogP contribution is -1.95. The first kappa shape index (κ1) is 8.54. The minimum atomic E-state index is 1.05. The first-order chi connectivity index (χ1) is 4.31. The summed E-state index contributed by atoms with van der Waals surface area (Å²) < 4.78 is 0. The molecule has 2 N–H and O–H groups in total. The third-order valence-corrected chi connectivity index (χ3v) is 1.29. The molecule has 0 heterocycles. The van der Waals surface area contributed by atoms with Crippen LogP contribution in [0.25, 0.3) is 0 Å². The van der Waals surface area contributed by atoms with Gasteiger partial charge in [-0.15, -0.1) is 0 Å². The van der Waals surface area contributed by atoms with Gasteiger partial charge in [-0.25, -0.2) is 0 Å². The highest BCUT2D eigenvalue weighted by Crippen LogP contribution is 2.01. The van der Waals surface area contributed by atoms with Gasteiger partial charge in [-0.3, -0.25) is 0 Å². The van der Waals surface area contributed by atoms with E-state index in [1.54, 1.807) is 0 Å². The van der Waals surface area contributed by atoms with Crippen LogP contribution in [0.15, 0.2) is 11.8 Å². The van der Waals surface area contributed by atoms with E-state index in [1.807, 2.05) is 0 Å². The van der Waals surface area contributed by atoms with Crippen molar-refractivity contribution in [1.29, 1.82) is 0 Å². The zero-order valence-electron chi connectivity index (χ0n) is 6.48. The van der Waals surface area contributed by atoms with Crippen LogP contribution in [0.2, 0.25) is 0 Å². The average molecular weight is 127 g/mol. The molecular weight excluding hydrogens is 110 g/mol. The average Bonchev–Trinajstić information content (AvgIpc) is 1.85. The van der Waals surface area contributed by atoms with E-state index in [1.165, 1.54) is 12.8 Å². The molecule has 1 heteroatoms. The highest BCUT2D eigenvalue weighted by molar-refractivity contribution is 4.94. The van der Waals surface area contributed by atoms with Crippen LogP contribution in [0, 0.1) is 0 Å². The molecule has 0 bridgehead atoms. The second-order valence-electron chi connectivity index (χ2n) is 2.29. The number of hydrogen-bond donors (Lipinski definition) is 1. The highest BCUT2D eigenvalue weighted by atomic mass is 14.6. The highest BCUT2D eigenvalue weighted by Gasteiger charge is 1.86. The minimum absolute atomic E-state index is 1.05. The number of hydrogen-bond acceptors (Lipinski definition) is 1. The van der Waals surface area contributed by atoms with Gasteiger partial charge in [-0.1, -0.05) is 26.3 Å². The SMILES string of the molecule is CCC=C(N)CCCC. The summed E-state index contributed by atoms with van der Waals surface area (Å²) in [6, 6.07) is 0. The predicted molar refractivity (Wildman–Crippen MR) is 42.1 cm³/mol. The van der Waals surface area contributed by atoms with Gasteiger partial charge < -0.3 is 5.73 Å². The minimum Gasteiger partial charge on any atom is -0.402 e. The molecule has 0 atom stereocenters. The molecule has 0 amide bonds. The Hall–Kier alpha value is -0.460. The molecule has 0 aliphatic rings. The van der Waals surface area contributed by atoms with Gasteiger partial charge in [0, 0.05) is 5.70 Å². The number of unbranched alkanes of at least 4 members (excludes halogenated alkanes) is 1. The lowest BCUT2D eigenvalue weighted by atomic mass is 10.2. The van der Waals surface area contributed by atoms with Crippen molar-refractivity contribution < 1.29 is 0 Å². The first-order valence-electron chi connectivity index (χ1n) is 3.75. The summed E-state index contributed by atoms with van der Waals surface area (Å²) in [5.41, 5.74) is 6.69. The molecule has 0 unspecified atom stereocenters. The maximum atomic E-state index is 5.63. The molecular formula is C8H17N. The van der Waals surface area contributed by atoms with Crippen LogP contribution in [-0.4, -0.2) is 0 Å². The first-order valence-corrected chi connectivity index (χ1v) is 3.75. The third kappa shape index (κ3) is 5.41. The van der Waals surface area contributed by atoms with Crippen molar-refractivity contribution in [3.63, 3.8) is 0 Å². The molecule has 1 nitrogen and oxygen atoms in total. The summed E-state index contributed by atoms with van der Waals surface area (Å²) in [5, 5.41) is 0. The van der Waals surface area contributed by atoms with Crippen molar-refractivity contribution in [1.82, 2.24) is 0 Å². The van der Waals surface area contributed by atoms with Crippen LogP contribution < -0.4 is 5.73 Å². The number of allylic oxidation sites excluding steroid dienone is 2. The van der Waals surface area contributed by atoms with Crippen molar-refractivity contribution in [3.8, 4) is 0 Å². The monoisotopic (exact) mass is 127 g/mol. The van der Waals surface area contributed by atoms with Crippen molar-refractivity contribution in [3.05, 3.63) is 11.8 Å². The summed E-state index contributed by atoms with van der Waals surface area (Å²) in [6.07, 6.45) is 6.69. The Morgan fingerprint density at radius 1 is 1.44 bits per heavy atom. The lowest BCUT2D eigenvalue weighted by Gasteiger charge is -1.96. The fourth-order valence-electron chi connectivity index (χ4n) is 0.745. The Kier molecular flexibility index (Phi) is 5.38. The molecule has 0 aliphatic carbocycles. The van der Waals surface area contributed by atoms with Gasteiger partial charge in [0.25, 0.3) is 0 Å². The summed E-state index contributed by atoms with van der Waals surface area (Å²) in [7, 11) is 0. The van der Waals surface area contributed by atoms with E-state index in [4.69, 9.17) is 5.73 Å². The second kappa shape index (κ2) is 5.67. The Morgan fingerprint density at radius 3 is 2.56 bits per heavy atom. The molecule has 9 heavy (non-hydrogen) atoms. The van der Waals surface area contributed by atoms with Crippen molar-refractivity contribution in [2.24, 2.45) is 5.73 Å². The molecule has 0 saturated carbocycles. The van der Waals surface area contributed by atoms with Gasteiger partial charge in [-0.2, -0.15) is 0 Å². The van der Waals surface area contributed by atoms with Gasteiger partial charge in [0.1, 0.15) is 0 Å². The van der Waals surface area contributed by atoms with E-state index in [9.17, 15) is 0 Å². The van der Waals surface area contributed by atoms with Gasteiger partial charge in [0.15, 0.2) is 0 Å². The molecule has 0 aliphatic heterocycles. The van der Waals surface area contributed by atoms with Crippen molar-refractivity contribution >= 4 is 0 Å². The van der Waals surface area contributed by atoms with Crippen molar-refractivity contribution in [2.75, 3.05) is 0 Å². The molecule has 0 aromatic rings. The summed E-state index contributed by atoms with van der Waals surface area (Å²) >= 11 is 0. The summed E-state index contributed by atoms with van der Waals surface area (Å²) in [5.74, 6) is 0. The standard InChI is InChI=1S/C8H17N/c1-3-5-7-8(9)6-4-2/h6H,3-5,7,9H2,1-2H3. The maximum Gasteiger partial charge on any atom is 0.00398 e. The quantitative estimate of drug-likeness (QED) is 0.616. The molecule has 0 aromatic carbocycles. The zero-order chi connectivity index (χ0) is 7.11. The number of nitrogens with two attached hydrogens (primary N) is 1. The zero-order valence-corrected chi connectivity index (χ0v) is 6.48. The molecule has 54 valence electrons. The van der Waals surface area contributed by atoms with E-state index in [-0.39, 0.29) is 0 Å². The van der Waals surface area contributed by atoms with E-state index >= 15 is 0 Å². The number of rotatable bonds is 4. The van der Waals surface area contributed by atoms with Crippen LogP contribution in [-0.2, 0) is 0 Å². The van der Waals surface area contributed by atoms with E-state index < -0.39 is 0 Å². The maximum absolute atomic E-state index is 5.63. The topological polar surface area (TPSA) is 26.0 Å². The Bertz CT molecular complexity index is 84.6. The molecule has 0 saturated heterocycles. The van der Waals surface area contributed by atoms with Gasteiger partial charge in [-0.05, 0) is 19.3 Å². The molecule has 0 fully saturated rings. The Balaban J connectivity index is 3.25. The molecule has 0 radical (unpaired) electrons. The van der Waals surface area contributed by atoms with Crippen LogP contribution in [0.5, 0.6) is 0 Å².